The fourth-order valence-electron chi connectivity index (χ4n) is 1.46. The Balaban J connectivity index is 3.02. The van der Waals surface area contributed by atoms with Crippen LogP contribution in [0.4, 0.5) is 8.78 Å². The Hall–Kier alpha value is -0.490. The van der Waals surface area contributed by atoms with E-state index in [1.54, 1.807) is 0 Å². The van der Waals surface area contributed by atoms with Gasteiger partial charge in [0.25, 0.3) is 0 Å². The monoisotopic (exact) mass is 340 g/mol. The molecule has 0 radical (unpaired) electrons. The third-order valence-electron chi connectivity index (χ3n) is 2.82. The third kappa shape index (κ3) is 3.75. The van der Waals surface area contributed by atoms with Crippen LogP contribution in [0.2, 0.25) is 0 Å². The van der Waals surface area contributed by atoms with Crippen LogP contribution in [-0.4, -0.2) is 19.5 Å². The lowest BCUT2D eigenvalue weighted by Crippen LogP contribution is -2.22. The van der Waals surface area contributed by atoms with Crippen LogP contribution in [0, 0.1) is 23.5 Å². The molecule has 1 unspecified atom stereocenters. The molecule has 1 atom stereocenters. The number of hydrogen-bond donors (Lipinski definition) is 0. The molecular formula is C12H15BrF2O2S. The van der Waals surface area contributed by atoms with Crippen molar-refractivity contribution in [2.75, 3.05) is 11.1 Å². The molecule has 0 saturated heterocycles. The van der Waals surface area contributed by atoms with E-state index in [0.29, 0.717) is 5.33 Å². The van der Waals surface area contributed by atoms with Gasteiger partial charge in [-0.2, -0.15) is 0 Å². The molecule has 0 amide bonds. The van der Waals surface area contributed by atoms with Crippen molar-refractivity contribution in [2.24, 2.45) is 11.8 Å². The van der Waals surface area contributed by atoms with E-state index in [9.17, 15) is 17.2 Å². The summed E-state index contributed by atoms with van der Waals surface area (Å²) < 4.78 is 49.9. The van der Waals surface area contributed by atoms with Crippen LogP contribution in [0.1, 0.15) is 13.8 Å². The Morgan fingerprint density at radius 3 is 2.28 bits per heavy atom. The van der Waals surface area contributed by atoms with Gasteiger partial charge in [0.2, 0.25) is 0 Å². The van der Waals surface area contributed by atoms with E-state index in [4.69, 9.17) is 0 Å². The van der Waals surface area contributed by atoms with E-state index in [1.807, 2.05) is 13.8 Å². The van der Waals surface area contributed by atoms with E-state index in [0.717, 1.165) is 18.2 Å². The molecule has 0 N–H and O–H groups in total. The molecular weight excluding hydrogens is 326 g/mol. The number of hydrogen-bond acceptors (Lipinski definition) is 2. The summed E-state index contributed by atoms with van der Waals surface area (Å²) in [6.45, 7) is 3.85. The zero-order valence-electron chi connectivity index (χ0n) is 10.2. The van der Waals surface area contributed by atoms with Crippen molar-refractivity contribution in [3.05, 3.63) is 29.8 Å². The van der Waals surface area contributed by atoms with Crippen molar-refractivity contribution in [2.45, 2.75) is 18.7 Å². The lowest BCUT2D eigenvalue weighted by molar-refractivity contribution is 0.461. The second-order valence-corrected chi connectivity index (χ2v) is 7.20. The van der Waals surface area contributed by atoms with E-state index in [-0.39, 0.29) is 22.5 Å². The minimum absolute atomic E-state index is 0.0666. The highest BCUT2D eigenvalue weighted by molar-refractivity contribution is 9.09. The van der Waals surface area contributed by atoms with Crippen LogP contribution in [0.15, 0.2) is 23.1 Å². The number of halogens is 3. The minimum Gasteiger partial charge on any atom is -0.224 e. The second kappa shape index (κ2) is 6.10. The Labute approximate surface area is 114 Å². The van der Waals surface area contributed by atoms with Gasteiger partial charge in [-0.05, 0) is 30.0 Å². The molecule has 0 aliphatic carbocycles. The smallest absolute Gasteiger partial charge is 0.178 e. The summed E-state index contributed by atoms with van der Waals surface area (Å²) in [6.07, 6.45) is 0. The maximum Gasteiger partial charge on any atom is 0.178 e. The molecule has 0 saturated carbocycles. The van der Waals surface area contributed by atoms with Crippen molar-refractivity contribution in [3.63, 3.8) is 0 Å². The topological polar surface area (TPSA) is 34.1 Å². The summed E-state index contributed by atoms with van der Waals surface area (Å²) in [5, 5.41) is 0.549. The zero-order chi connectivity index (χ0) is 13.9. The average Bonchev–Trinajstić information content (AvgIpc) is 2.29. The van der Waals surface area contributed by atoms with E-state index < -0.39 is 21.5 Å². The van der Waals surface area contributed by atoms with Crippen LogP contribution in [0.5, 0.6) is 0 Å². The Kier molecular flexibility index (Phi) is 5.28. The first-order valence-corrected chi connectivity index (χ1v) is 8.29. The van der Waals surface area contributed by atoms with Gasteiger partial charge in [-0.3, -0.25) is 0 Å². The molecule has 1 rings (SSSR count). The van der Waals surface area contributed by atoms with Gasteiger partial charge in [0.15, 0.2) is 21.5 Å². The fourth-order valence-corrected chi connectivity index (χ4v) is 4.56. The molecule has 0 heterocycles. The van der Waals surface area contributed by atoms with Gasteiger partial charge in [0.1, 0.15) is 0 Å². The predicted octanol–water partition coefficient (Wildman–Crippen LogP) is 3.41. The number of rotatable bonds is 5. The van der Waals surface area contributed by atoms with E-state index in [2.05, 4.69) is 15.9 Å². The molecule has 0 spiro atoms. The molecule has 1 aromatic rings. The van der Waals surface area contributed by atoms with Crippen molar-refractivity contribution in [1.82, 2.24) is 0 Å². The van der Waals surface area contributed by atoms with Crippen molar-refractivity contribution in [1.29, 1.82) is 0 Å². The maximum atomic E-state index is 13.0. The highest BCUT2D eigenvalue weighted by atomic mass is 79.9. The summed E-state index contributed by atoms with van der Waals surface area (Å²) in [6, 6.07) is 2.66. The molecule has 1 aromatic carbocycles. The average molecular weight is 341 g/mol. The number of benzene rings is 1. The van der Waals surface area contributed by atoms with Gasteiger partial charge in [-0.1, -0.05) is 29.8 Å². The highest BCUT2D eigenvalue weighted by Crippen LogP contribution is 2.22. The van der Waals surface area contributed by atoms with Gasteiger partial charge in [0.05, 0.1) is 10.6 Å². The van der Waals surface area contributed by atoms with Crippen LogP contribution >= 0.6 is 15.9 Å². The summed E-state index contributed by atoms with van der Waals surface area (Å²) in [5.74, 6) is -2.15. The lowest BCUT2D eigenvalue weighted by atomic mass is 10.0. The van der Waals surface area contributed by atoms with Gasteiger partial charge < -0.3 is 0 Å². The molecule has 2 nitrogen and oxygen atoms in total. The first-order valence-electron chi connectivity index (χ1n) is 5.51. The predicted molar refractivity (Wildman–Crippen MR) is 70.5 cm³/mol. The second-order valence-electron chi connectivity index (χ2n) is 4.52. The quantitative estimate of drug-likeness (QED) is 0.608. The Bertz CT molecular complexity index is 515. The zero-order valence-corrected chi connectivity index (χ0v) is 12.6. The van der Waals surface area contributed by atoms with Gasteiger partial charge >= 0.3 is 0 Å². The normalized spacial score (nSPS) is 13.9. The van der Waals surface area contributed by atoms with Crippen molar-refractivity contribution >= 4 is 25.8 Å². The van der Waals surface area contributed by atoms with Crippen molar-refractivity contribution in [3.8, 4) is 0 Å². The highest BCUT2D eigenvalue weighted by Gasteiger charge is 2.23. The first kappa shape index (κ1) is 15.6. The molecule has 0 aliphatic heterocycles. The third-order valence-corrected chi connectivity index (χ3v) is 5.50. The molecule has 102 valence electrons. The SMILES string of the molecule is CC(C)C(CBr)CS(=O)(=O)c1ccc(F)c(F)c1. The fraction of sp³-hybridized carbons (Fsp3) is 0.500. The molecule has 6 heteroatoms. The Morgan fingerprint density at radius 2 is 1.83 bits per heavy atom. The van der Waals surface area contributed by atoms with Crippen LogP contribution < -0.4 is 0 Å². The summed E-state index contributed by atoms with van der Waals surface area (Å²) >= 11 is 3.27. The largest absolute Gasteiger partial charge is 0.224 e. The van der Waals surface area contributed by atoms with Gasteiger partial charge in [-0.15, -0.1) is 0 Å². The number of alkyl halides is 1. The molecule has 18 heavy (non-hydrogen) atoms. The van der Waals surface area contributed by atoms with Crippen LogP contribution in [-0.2, 0) is 9.84 Å². The molecule has 0 bridgehead atoms. The molecule has 0 fully saturated rings. The van der Waals surface area contributed by atoms with Gasteiger partial charge in [-0.25, -0.2) is 17.2 Å². The van der Waals surface area contributed by atoms with Crippen molar-refractivity contribution < 1.29 is 17.2 Å². The van der Waals surface area contributed by atoms with E-state index >= 15 is 0 Å². The number of sulfone groups is 1. The van der Waals surface area contributed by atoms with E-state index in [1.165, 1.54) is 0 Å². The summed E-state index contributed by atoms with van der Waals surface area (Å²) in [4.78, 5) is -0.173. The van der Waals surface area contributed by atoms with Crippen LogP contribution in [0.3, 0.4) is 0 Å². The molecule has 0 aromatic heterocycles. The maximum absolute atomic E-state index is 13.0. The van der Waals surface area contributed by atoms with Crippen LogP contribution in [0.25, 0.3) is 0 Å². The minimum atomic E-state index is -3.59. The molecule has 0 aliphatic rings. The van der Waals surface area contributed by atoms with Gasteiger partial charge in [0, 0.05) is 5.33 Å². The summed E-state index contributed by atoms with van der Waals surface area (Å²) in [7, 11) is -3.59. The lowest BCUT2D eigenvalue weighted by Gasteiger charge is -2.18. The Morgan fingerprint density at radius 1 is 1.22 bits per heavy atom. The summed E-state index contributed by atoms with van der Waals surface area (Å²) in [5.41, 5.74) is 0. The first-order chi connectivity index (χ1) is 8.27. The standard InChI is InChI=1S/C12H15BrF2O2S/c1-8(2)9(6-13)7-18(16,17)10-3-4-11(14)12(15)5-10/h3-5,8-9H,6-7H2,1-2H3.